The van der Waals surface area contributed by atoms with Gasteiger partial charge in [0.05, 0.1) is 0 Å². The molecule has 0 aromatic heterocycles. The van der Waals surface area contributed by atoms with E-state index in [1.807, 2.05) is 0 Å². The van der Waals surface area contributed by atoms with Gasteiger partial charge in [0.2, 0.25) is 0 Å². The Morgan fingerprint density at radius 3 is 2.15 bits per heavy atom. The maximum absolute atomic E-state index is 3.75. The van der Waals surface area contributed by atoms with Gasteiger partial charge in [-0.05, 0) is 68.8 Å². The number of halogens is 1. The van der Waals surface area contributed by atoms with Gasteiger partial charge in [-0.2, -0.15) is 0 Å². The summed E-state index contributed by atoms with van der Waals surface area (Å²) in [7, 11) is 0. The van der Waals surface area contributed by atoms with Gasteiger partial charge in [-0.1, -0.05) is 123 Å². The summed E-state index contributed by atoms with van der Waals surface area (Å²) in [6.07, 6.45) is 9.30. The fourth-order valence-corrected chi connectivity index (χ4v) is 7.92. The molecule has 2 unspecified atom stereocenters. The van der Waals surface area contributed by atoms with Crippen molar-refractivity contribution in [2.45, 2.75) is 64.2 Å². The molecule has 0 saturated heterocycles. The Balaban J connectivity index is 1.50. The summed E-state index contributed by atoms with van der Waals surface area (Å²) in [4.78, 5) is 0. The molecule has 172 valence electrons. The second kappa shape index (κ2) is 7.31. The summed E-state index contributed by atoms with van der Waals surface area (Å²) in [5, 5.41) is 0. The Bertz CT molecular complexity index is 1380. The molecule has 2 atom stereocenters. The topological polar surface area (TPSA) is 0 Å². The van der Waals surface area contributed by atoms with Gasteiger partial charge in [-0.25, -0.2) is 0 Å². The first kappa shape index (κ1) is 22.1. The highest BCUT2D eigenvalue weighted by Gasteiger charge is 2.54. The van der Waals surface area contributed by atoms with Crippen LogP contribution in [0.15, 0.2) is 83.4 Å². The summed E-state index contributed by atoms with van der Waals surface area (Å²) < 4.78 is 1.20. The van der Waals surface area contributed by atoms with E-state index < -0.39 is 0 Å². The van der Waals surface area contributed by atoms with Crippen molar-refractivity contribution in [3.63, 3.8) is 0 Å². The molecular weight excluding hydrogens is 476 g/mol. The van der Waals surface area contributed by atoms with E-state index in [0.717, 1.165) is 12.8 Å². The summed E-state index contributed by atoms with van der Waals surface area (Å²) in [5.74, 6) is 0.426. The average molecular weight is 510 g/mol. The van der Waals surface area contributed by atoms with Crippen LogP contribution >= 0.6 is 15.9 Å². The van der Waals surface area contributed by atoms with Crippen molar-refractivity contribution in [1.29, 1.82) is 0 Å². The highest BCUT2D eigenvalue weighted by molar-refractivity contribution is 9.11. The fourth-order valence-electron chi connectivity index (χ4n) is 7.29. The quantitative estimate of drug-likeness (QED) is 0.330. The van der Waals surface area contributed by atoms with Gasteiger partial charge >= 0.3 is 0 Å². The molecule has 0 nitrogen and oxygen atoms in total. The third-order valence-corrected chi connectivity index (χ3v) is 10.2. The van der Waals surface area contributed by atoms with Crippen LogP contribution in [0.3, 0.4) is 0 Å². The predicted molar refractivity (Wildman–Crippen MR) is 149 cm³/mol. The van der Waals surface area contributed by atoms with E-state index in [0.29, 0.717) is 5.92 Å². The second-order valence-electron chi connectivity index (χ2n) is 11.2. The largest absolute Gasteiger partial charge is 0.0750 e. The number of allylic oxidation sites excluding steroid dienone is 4. The molecule has 0 fully saturated rings. The van der Waals surface area contributed by atoms with E-state index in [9.17, 15) is 0 Å². The number of rotatable bonds is 3. The summed E-state index contributed by atoms with van der Waals surface area (Å²) in [5.41, 5.74) is 11.7. The van der Waals surface area contributed by atoms with Crippen LogP contribution in [0.1, 0.15) is 75.6 Å². The van der Waals surface area contributed by atoms with Crippen molar-refractivity contribution in [2.75, 3.05) is 0 Å². The maximum atomic E-state index is 3.75. The zero-order valence-corrected chi connectivity index (χ0v) is 22.5. The highest BCUT2D eigenvalue weighted by Crippen LogP contribution is 2.62. The molecule has 0 bridgehead atoms. The van der Waals surface area contributed by atoms with Crippen molar-refractivity contribution in [1.82, 2.24) is 0 Å². The second-order valence-corrected chi connectivity index (χ2v) is 12.1. The number of fused-ring (bicyclic) bond motifs is 6. The molecule has 3 aromatic carbocycles. The standard InChI is InChI=1S/C33H33Br/c1-6-33(7-2)28-11-9-8-10-24(28)25-15-12-22(19-30(25)33)21-13-16-26-27-17-14-23(34)20-32(27,5)31(3,4)29(26)18-21/h8-20,27H,6-7H2,1-5H3. The normalized spacial score (nSPS) is 24.8. The molecule has 0 amide bonds. The molecule has 0 radical (unpaired) electrons. The van der Waals surface area contributed by atoms with E-state index >= 15 is 0 Å². The molecular formula is C33H33Br. The number of benzene rings is 3. The summed E-state index contributed by atoms with van der Waals surface area (Å²) in [6.45, 7) is 12.0. The van der Waals surface area contributed by atoms with Gasteiger partial charge in [0.25, 0.3) is 0 Å². The average Bonchev–Trinajstić information content (AvgIpc) is 3.22. The molecule has 3 aromatic rings. The summed E-state index contributed by atoms with van der Waals surface area (Å²) in [6, 6.07) is 23.5. The lowest BCUT2D eigenvalue weighted by Gasteiger charge is -2.41. The van der Waals surface area contributed by atoms with Crippen LogP contribution < -0.4 is 0 Å². The Hall–Kier alpha value is -2.38. The molecule has 6 rings (SSSR count). The molecule has 0 spiro atoms. The van der Waals surface area contributed by atoms with Gasteiger partial charge in [-0.3, -0.25) is 0 Å². The number of hydrogen-bond acceptors (Lipinski definition) is 0. The Kier molecular flexibility index (Phi) is 4.75. The van der Waals surface area contributed by atoms with Gasteiger partial charge in [0.15, 0.2) is 0 Å². The van der Waals surface area contributed by atoms with E-state index in [1.165, 1.54) is 49.0 Å². The molecule has 0 saturated carbocycles. The minimum Gasteiger partial charge on any atom is -0.0750 e. The third-order valence-electron chi connectivity index (χ3n) is 9.75. The molecule has 0 N–H and O–H groups in total. The predicted octanol–water partition coefficient (Wildman–Crippen LogP) is 9.67. The fraction of sp³-hybridized carbons (Fsp3) is 0.333. The van der Waals surface area contributed by atoms with Crippen molar-refractivity contribution in [3.05, 3.63) is 106 Å². The van der Waals surface area contributed by atoms with Crippen molar-refractivity contribution >= 4 is 15.9 Å². The van der Waals surface area contributed by atoms with Gasteiger partial charge in [-0.15, -0.1) is 0 Å². The minimum absolute atomic E-state index is 0.0519. The van der Waals surface area contributed by atoms with Crippen LogP contribution in [0, 0.1) is 5.41 Å². The first-order valence-corrected chi connectivity index (χ1v) is 13.5. The van der Waals surface area contributed by atoms with Crippen molar-refractivity contribution in [2.24, 2.45) is 5.41 Å². The van der Waals surface area contributed by atoms with Crippen LogP contribution in [-0.4, -0.2) is 0 Å². The van der Waals surface area contributed by atoms with E-state index in [2.05, 4.69) is 129 Å². The first-order valence-electron chi connectivity index (χ1n) is 12.7. The van der Waals surface area contributed by atoms with Gasteiger partial charge < -0.3 is 0 Å². The molecule has 1 heteroatoms. The third kappa shape index (κ3) is 2.65. The molecule has 3 aliphatic carbocycles. The molecule has 0 aliphatic heterocycles. The maximum Gasteiger partial charge on any atom is 0.0210 e. The van der Waals surface area contributed by atoms with Crippen LogP contribution in [0.2, 0.25) is 0 Å². The summed E-state index contributed by atoms with van der Waals surface area (Å²) >= 11 is 3.75. The smallest absolute Gasteiger partial charge is 0.0210 e. The van der Waals surface area contributed by atoms with Crippen molar-refractivity contribution in [3.8, 4) is 22.3 Å². The van der Waals surface area contributed by atoms with Crippen LogP contribution in [0.25, 0.3) is 22.3 Å². The monoisotopic (exact) mass is 508 g/mol. The van der Waals surface area contributed by atoms with E-state index in [-0.39, 0.29) is 16.2 Å². The zero-order valence-electron chi connectivity index (χ0n) is 20.9. The Morgan fingerprint density at radius 2 is 1.41 bits per heavy atom. The van der Waals surface area contributed by atoms with Gasteiger partial charge in [0, 0.05) is 21.2 Å². The van der Waals surface area contributed by atoms with E-state index in [1.54, 1.807) is 0 Å². The van der Waals surface area contributed by atoms with Crippen LogP contribution in [-0.2, 0) is 10.8 Å². The highest BCUT2D eigenvalue weighted by atomic mass is 79.9. The lowest BCUT2D eigenvalue weighted by atomic mass is 9.62. The van der Waals surface area contributed by atoms with Crippen LogP contribution in [0.4, 0.5) is 0 Å². The lowest BCUT2D eigenvalue weighted by molar-refractivity contribution is 0.244. The number of hydrogen-bond donors (Lipinski definition) is 0. The molecule has 34 heavy (non-hydrogen) atoms. The van der Waals surface area contributed by atoms with Crippen molar-refractivity contribution < 1.29 is 0 Å². The first-order chi connectivity index (χ1) is 16.3. The SMILES string of the molecule is CCC1(CC)c2ccccc2-c2ccc(-c3ccc4c(c3)C(C)(C)C3(C)C=C(Br)C=CC43)cc21. The zero-order chi connectivity index (χ0) is 23.9. The molecule has 3 aliphatic rings. The Labute approximate surface area is 212 Å². The Morgan fingerprint density at radius 1 is 0.765 bits per heavy atom. The van der Waals surface area contributed by atoms with Crippen LogP contribution in [0.5, 0.6) is 0 Å². The lowest BCUT2D eigenvalue weighted by Crippen LogP contribution is -2.36. The minimum atomic E-state index is 0.0519. The molecule has 0 heterocycles. The van der Waals surface area contributed by atoms with E-state index in [4.69, 9.17) is 0 Å². The van der Waals surface area contributed by atoms with Gasteiger partial charge in [0.1, 0.15) is 0 Å².